The largest absolute Gasteiger partial charge is 0.488 e. The zero-order chi connectivity index (χ0) is 14.2. The van der Waals surface area contributed by atoms with Crippen LogP contribution in [-0.4, -0.2) is 12.6 Å². The molecular formula is C18H18FNO. The molecule has 0 saturated carbocycles. The van der Waals surface area contributed by atoms with Gasteiger partial charge in [-0.1, -0.05) is 30.3 Å². The van der Waals surface area contributed by atoms with Crippen LogP contribution in [0.2, 0.25) is 0 Å². The predicted molar refractivity (Wildman–Crippen MR) is 80.0 cm³/mol. The van der Waals surface area contributed by atoms with E-state index in [0.717, 1.165) is 42.7 Å². The van der Waals surface area contributed by atoms with Crippen LogP contribution in [0, 0.1) is 5.82 Å². The van der Waals surface area contributed by atoms with Gasteiger partial charge in [0, 0.05) is 19.0 Å². The van der Waals surface area contributed by atoms with E-state index in [4.69, 9.17) is 4.74 Å². The summed E-state index contributed by atoms with van der Waals surface area (Å²) in [5.41, 5.74) is 3.28. The first kappa shape index (κ1) is 12.8. The maximum absolute atomic E-state index is 13.7. The van der Waals surface area contributed by atoms with E-state index < -0.39 is 0 Å². The molecule has 2 aromatic rings. The van der Waals surface area contributed by atoms with Crippen LogP contribution in [0.15, 0.2) is 42.5 Å². The van der Waals surface area contributed by atoms with Crippen molar-refractivity contribution in [2.45, 2.75) is 31.4 Å². The summed E-state index contributed by atoms with van der Waals surface area (Å²) in [4.78, 5) is 0. The predicted octanol–water partition coefficient (Wildman–Crippen LogP) is 3.41. The molecule has 4 rings (SSSR count). The Hall–Kier alpha value is -1.87. The Labute approximate surface area is 123 Å². The van der Waals surface area contributed by atoms with Gasteiger partial charge in [0.25, 0.3) is 0 Å². The van der Waals surface area contributed by atoms with Crippen molar-refractivity contribution in [2.24, 2.45) is 0 Å². The number of nitrogens with one attached hydrogen (secondary N) is 1. The van der Waals surface area contributed by atoms with Crippen LogP contribution in [0.5, 0.6) is 5.75 Å². The molecule has 2 atom stereocenters. The standard InChI is InChI=1S/C18H18FNO/c19-16-6-3-5-15-14(16)8-9-17(15)20-11-13-10-12-4-1-2-7-18(12)21-13/h1-7,13,17,20H,8-11H2. The molecule has 0 bridgehead atoms. The number of hydrogen-bond donors (Lipinski definition) is 1. The molecule has 2 aliphatic rings. The third kappa shape index (κ3) is 2.32. The second-order valence-electron chi connectivity index (χ2n) is 5.86. The lowest BCUT2D eigenvalue weighted by molar-refractivity contribution is 0.221. The Bertz CT molecular complexity index is 645. The van der Waals surface area contributed by atoms with Gasteiger partial charge in [0.1, 0.15) is 17.7 Å². The van der Waals surface area contributed by atoms with Crippen LogP contribution < -0.4 is 10.1 Å². The van der Waals surface area contributed by atoms with Gasteiger partial charge >= 0.3 is 0 Å². The van der Waals surface area contributed by atoms with E-state index in [1.165, 1.54) is 5.56 Å². The number of fused-ring (bicyclic) bond motifs is 2. The van der Waals surface area contributed by atoms with Crippen LogP contribution in [0.1, 0.15) is 29.2 Å². The average molecular weight is 283 g/mol. The highest BCUT2D eigenvalue weighted by Gasteiger charge is 2.27. The lowest BCUT2D eigenvalue weighted by Gasteiger charge is -2.17. The van der Waals surface area contributed by atoms with Crippen LogP contribution in [0.25, 0.3) is 0 Å². The second-order valence-corrected chi connectivity index (χ2v) is 5.86. The Morgan fingerprint density at radius 3 is 2.95 bits per heavy atom. The minimum Gasteiger partial charge on any atom is -0.488 e. The fourth-order valence-electron chi connectivity index (χ4n) is 3.46. The van der Waals surface area contributed by atoms with Crippen LogP contribution in [0.4, 0.5) is 4.39 Å². The van der Waals surface area contributed by atoms with Gasteiger partial charge < -0.3 is 10.1 Å². The van der Waals surface area contributed by atoms with E-state index in [-0.39, 0.29) is 18.0 Å². The van der Waals surface area contributed by atoms with Gasteiger partial charge in [-0.25, -0.2) is 4.39 Å². The van der Waals surface area contributed by atoms with Crippen molar-refractivity contribution < 1.29 is 9.13 Å². The molecule has 2 nitrogen and oxygen atoms in total. The highest BCUT2D eigenvalue weighted by Crippen LogP contribution is 2.33. The SMILES string of the molecule is Fc1cccc2c1CCC2NCC1Cc2ccccc2O1. The summed E-state index contributed by atoms with van der Waals surface area (Å²) >= 11 is 0. The van der Waals surface area contributed by atoms with Crippen molar-refractivity contribution in [1.29, 1.82) is 0 Å². The Balaban J connectivity index is 1.41. The molecule has 0 saturated heterocycles. The monoisotopic (exact) mass is 283 g/mol. The third-order valence-corrected chi connectivity index (χ3v) is 4.52. The Morgan fingerprint density at radius 2 is 2.05 bits per heavy atom. The van der Waals surface area contributed by atoms with Gasteiger partial charge in [0.15, 0.2) is 0 Å². The van der Waals surface area contributed by atoms with E-state index in [1.807, 2.05) is 24.3 Å². The molecule has 1 N–H and O–H groups in total. The molecule has 1 aliphatic heterocycles. The molecular weight excluding hydrogens is 265 g/mol. The van der Waals surface area contributed by atoms with Crippen molar-refractivity contribution >= 4 is 0 Å². The van der Waals surface area contributed by atoms with E-state index in [1.54, 1.807) is 12.1 Å². The van der Waals surface area contributed by atoms with E-state index in [2.05, 4.69) is 11.4 Å². The van der Waals surface area contributed by atoms with Gasteiger partial charge in [-0.3, -0.25) is 0 Å². The molecule has 2 aromatic carbocycles. The molecule has 0 fully saturated rings. The first-order chi connectivity index (χ1) is 10.3. The summed E-state index contributed by atoms with van der Waals surface area (Å²) in [5.74, 6) is 0.934. The molecule has 1 aliphatic carbocycles. The molecule has 1 heterocycles. The number of hydrogen-bond acceptors (Lipinski definition) is 2. The molecule has 0 aromatic heterocycles. The van der Waals surface area contributed by atoms with Gasteiger partial charge in [0.2, 0.25) is 0 Å². The summed E-state index contributed by atoms with van der Waals surface area (Å²) in [6.07, 6.45) is 2.92. The fourth-order valence-corrected chi connectivity index (χ4v) is 3.46. The first-order valence-corrected chi connectivity index (χ1v) is 7.56. The highest BCUT2D eigenvalue weighted by atomic mass is 19.1. The quantitative estimate of drug-likeness (QED) is 0.932. The maximum Gasteiger partial charge on any atom is 0.126 e. The fraction of sp³-hybridized carbons (Fsp3) is 0.333. The lowest BCUT2D eigenvalue weighted by atomic mass is 10.1. The van der Waals surface area contributed by atoms with Crippen molar-refractivity contribution in [3.63, 3.8) is 0 Å². The summed E-state index contributed by atoms with van der Waals surface area (Å²) in [6.45, 7) is 0.801. The number of para-hydroxylation sites is 1. The summed E-state index contributed by atoms with van der Waals surface area (Å²) < 4.78 is 19.7. The zero-order valence-electron chi connectivity index (χ0n) is 11.8. The molecule has 21 heavy (non-hydrogen) atoms. The van der Waals surface area contributed by atoms with E-state index in [9.17, 15) is 4.39 Å². The maximum atomic E-state index is 13.7. The van der Waals surface area contributed by atoms with Crippen molar-refractivity contribution in [1.82, 2.24) is 5.32 Å². The summed E-state index contributed by atoms with van der Waals surface area (Å²) in [6, 6.07) is 13.8. The number of rotatable bonds is 3. The molecule has 0 amide bonds. The van der Waals surface area contributed by atoms with Crippen molar-refractivity contribution in [2.75, 3.05) is 6.54 Å². The van der Waals surface area contributed by atoms with Crippen LogP contribution >= 0.6 is 0 Å². The van der Waals surface area contributed by atoms with Crippen molar-refractivity contribution in [3.05, 3.63) is 65.0 Å². The summed E-state index contributed by atoms with van der Waals surface area (Å²) in [7, 11) is 0. The van der Waals surface area contributed by atoms with Crippen LogP contribution in [0.3, 0.4) is 0 Å². The van der Waals surface area contributed by atoms with Gasteiger partial charge in [-0.15, -0.1) is 0 Å². The number of benzene rings is 2. The number of ether oxygens (including phenoxy) is 1. The molecule has 108 valence electrons. The minimum absolute atomic E-state index is 0.0682. The molecule has 3 heteroatoms. The molecule has 0 radical (unpaired) electrons. The highest BCUT2D eigenvalue weighted by molar-refractivity contribution is 5.38. The second kappa shape index (κ2) is 5.15. The molecule has 0 spiro atoms. The summed E-state index contributed by atoms with van der Waals surface area (Å²) in [5, 5.41) is 3.55. The van der Waals surface area contributed by atoms with Crippen LogP contribution in [-0.2, 0) is 12.8 Å². The third-order valence-electron chi connectivity index (χ3n) is 4.52. The van der Waals surface area contributed by atoms with Gasteiger partial charge in [-0.2, -0.15) is 0 Å². The van der Waals surface area contributed by atoms with Crippen molar-refractivity contribution in [3.8, 4) is 5.75 Å². The average Bonchev–Trinajstić information content (AvgIpc) is 3.09. The zero-order valence-corrected chi connectivity index (χ0v) is 11.8. The number of halogens is 1. The topological polar surface area (TPSA) is 21.3 Å². The Kier molecular flexibility index (Phi) is 3.15. The van der Waals surface area contributed by atoms with Gasteiger partial charge in [0.05, 0.1) is 0 Å². The minimum atomic E-state index is -0.0682. The Morgan fingerprint density at radius 1 is 1.14 bits per heavy atom. The van der Waals surface area contributed by atoms with E-state index >= 15 is 0 Å². The lowest BCUT2D eigenvalue weighted by Crippen LogP contribution is -2.32. The first-order valence-electron chi connectivity index (χ1n) is 7.56. The van der Waals surface area contributed by atoms with Gasteiger partial charge in [-0.05, 0) is 41.7 Å². The molecule has 2 unspecified atom stereocenters. The normalized spacial score (nSPS) is 22.7. The van der Waals surface area contributed by atoms with E-state index in [0.29, 0.717) is 0 Å². The smallest absolute Gasteiger partial charge is 0.126 e.